The van der Waals surface area contributed by atoms with Crippen molar-refractivity contribution in [2.24, 2.45) is 0 Å². The number of ether oxygens (including phenoxy) is 2. The largest absolute Gasteiger partial charge is 0.493 e. The van der Waals surface area contributed by atoms with Crippen LogP contribution in [0.5, 0.6) is 11.5 Å². The Balaban J connectivity index is 1.91. The maximum absolute atomic E-state index is 12.8. The van der Waals surface area contributed by atoms with E-state index in [2.05, 4.69) is 10.1 Å². The maximum Gasteiger partial charge on any atom is 0.387 e. The maximum atomic E-state index is 12.8. The van der Waals surface area contributed by atoms with Crippen LogP contribution in [-0.4, -0.2) is 24.7 Å². The summed E-state index contributed by atoms with van der Waals surface area (Å²) in [5.41, 5.74) is 2.44. The van der Waals surface area contributed by atoms with Gasteiger partial charge in [-0.05, 0) is 54.5 Å². The van der Waals surface area contributed by atoms with E-state index < -0.39 is 6.61 Å². The van der Waals surface area contributed by atoms with E-state index in [0.717, 1.165) is 5.56 Å². The summed E-state index contributed by atoms with van der Waals surface area (Å²) in [4.78, 5) is 14.2. The Bertz CT molecular complexity index is 931. The minimum Gasteiger partial charge on any atom is -0.493 e. The third-order valence-electron chi connectivity index (χ3n) is 3.95. The number of carbonyl (C=O) groups excluding carboxylic acids is 1. The first-order chi connectivity index (χ1) is 12.9. The van der Waals surface area contributed by atoms with Crippen molar-refractivity contribution in [3.05, 3.63) is 59.3 Å². The first-order valence-corrected chi connectivity index (χ1v) is 8.37. The van der Waals surface area contributed by atoms with Gasteiger partial charge in [0.2, 0.25) is 0 Å². The van der Waals surface area contributed by atoms with Gasteiger partial charge >= 0.3 is 6.61 Å². The molecule has 3 rings (SSSR count). The summed E-state index contributed by atoms with van der Waals surface area (Å²) in [6.07, 6.45) is 1.57. The number of thiocarbonyl (C=S) groups is 1. The average molecular weight is 390 g/mol. The predicted molar refractivity (Wildman–Crippen MR) is 102 cm³/mol. The first-order valence-electron chi connectivity index (χ1n) is 7.96. The van der Waals surface area contributed by atoms with Gasteiger partial charge in [-0.15, -0.1) is 0 Å². The van der Waals surface area contributed by atoms with E-state index >= 15 is 0 Å². The van der Waals surface area contributed by atoms with Crippen molar-refractivity contribution in [2.75, 3.05) is 12.0 Å². The molecule has 0 unspecified atom stereocenters. The molecular formula is C19H16F2N2O3S. The zero-order valence-electron chi connectivity index (χ0n) is 14.5. The van der Waals surface area contributed by atoms with Gasteiger partial charge in [0.15, 0.2) is 16.6 Å². The summed E-state index contributed by atoms with van der Waals surface area (Å²) in [5, 5.41) is 3.16. The number of amides is 1. The number of hydrogen-bond acceptors (Lipinski definition) is 4. The third-order valence-corrected chi connectivity index (χ3v) is 4.23. The first kappa shape index (κ1) is 18.8. The molecule has 1 heterocycles. The zero-order valence-corrected chi connectivity index (χ0v) is 15.3. The van der Waals surface area contributed by atoms with Gasteiger partial charge in [0.25, 0.3) is 5.91 Å². The smallest absolute Gasteiger partial charge is 0.387 e. The van der Waals surface area contributed by atoms with Gasteiger partial charge in [0.05, 0.1) is 12.8 Å². The molecule has 1 fully saturated rings. The Morgan fingerprint density at radius 1 is 1.19 bits per heavy atom. The topological polar surface area (TPSA) is 50.8 Å². The number of para-hydroxylation sites is 1. The fourth-order valence-corrected chi connectivity index (χ4v) is 2.99. The molecule has 1 saturated heterocycles. The molecule has 1 aliphatic heterocycles. The number of anilines is 1. The number of halogens is 2. The lowest BCUT2D eigenvalue weighted by atomic mass is 10.1. The summed E-state index contributed by atoms with van der Waals surface area (Å²) in [6.45, 7) is -1.07. The Kier molecular flexibility index (Phi) is 5.36. The lowest BCUT2D eigenvalue weighted by Gasteiger charge is -2.16. The molecule has 1 N–H and O–H groups in total. The van der Waals surface area contributed by atoms with E-state index in [1.165, 1.54) is 24.1 Å². The van der Waals surface area contributed by atoms with E-state index in [9.17, 15) is 13.6 Å². The third kappa shape index (κ3) is 3.90. The lowest BCUT2D eigenvalue weighted by Crippen LogP contribution is -2.30. The second-order valence-electron chi connectivity index (χ2n) is 5.70. The van der Waals surface area contributed by atoms with Crippen LogP contribution in [-0.2, 0) is 4.79 Å². The van der Waals surface area contributed by atoms with Crippen molar-refractivity contribution in [1.82, 2.24) is 5.32 Å². The number of aryl methyl sites for hydroxylation is 1. The highest BCUT2D eigenvalue weighted by Crippen LogP contribution is 2.31. The quantitative estimate of drug-likeness (QED) is 0.621. The van der Waals surface area contributed by atoms with Gasteiger partial charge in [-0.2, -0.15) is 8.78 Å². The molecule has 2 aromatic rings. The molecule has 1 amide bonds. The van der Waals surface area contributed by atoms with Gasteiger partial charge in [0.1, 0.15) is 5.70 Å². The molecule has 1 aliphatic rings. The molecule has 5 nitrogen and oxygen atoms in total. The summed E-state index contributed by atoms with van der Waals surface area (Å²) < 4.78 is 34.3. The molecule has 0 bridgehead atoms. The second kappa shape index (κ2) is 7.71. The van der Waals surface area contributed by atoms with Crippen LogP contribution in [0.3, 0.4) is 0 Å². The molecular weight excluding hydrogens is 374 g/mol. The fourth-order valence-electron chi connectivity index (χ4n) is 2.70. The van der Waals surface area contributed by atoms with E-state index in [1.54, 1.807) is 12.1 Å². The van der Waals surface area contributed by atoms with Gasteiger partial charge in [-0.3, -0.25) is 9.69 Å². The SMILES string of the molecule is COc1cc(/C=C2\NC(=S)N(c3ccccc3C)C2=O)ccc1OC(F)F. The molecule has 0 saturated carbocycles. The van der Waals surface area contributed by atoms with E-state index in [0.29, 0.717) is 11.3 Å². The Hall–Kier alpha value is -3.00. The summed E-state index contributed by atoms with van der Waals surface area (Å²) in [7, 11) is 1.35. The number of nitrogens with zero attached hydrogens (tertiary/aromatic N) is 1. The van der Waals surface area contributed by atoms with Crippen LogP contribution < -0.4 is 19.7 Å². The van der Waals surface area contributed by atoms with E-state index in [-0.39, 0.29) is 28.2 Å². The molecule has 0 spiro atoms. The average Bonchev–Trinajstić information content (AvgIpc) is 2.90. The number of carbonyl (C=O) groups is 1. The zero-order chi connectivity index (χ0) is 19.6. The molecule has 0 atom stereocenters. The van der Waals surface area contributed by atoms with Crippen LogP contribution >= 0.6 is 12.2 Å². The van der Waals surface area contributed by atoms with Crippen LogP contribution in [0.15, 0.2) is 48.2 Å². The van der Waals surface area contributed by atoms with Crippen LogP contribution in [0, 0.1) is 6.92 Å². The van der Waals surface area contributed by atoms with E-state index in [4.69, 9.17) is 17.0 Å². The van der Waals surface area contributed by atoms with Crippen LogP contribution in [0.2, 0.25) is 0 Å². The molecule has 140 valence electrons. The van der Waals surface area contributed by atoms with Crippen molar-refractivity contribution < 1.29 is 23.0 Å². The Labute approximate surface area is 160 Å². The highest BCUT2D eigenvalue weighted by molar-refractivity contribution is 7.80. The summed E-state index contributed by atoms with van der Waals surface area (Å²) in [5.74, 6) is -0.257. The monoisotopic (exact) mass is 390 g/mol. The van der Waals surface area contributed by atoms with Gasteiger partial charge in [0, 0.05) is 0 Å². The van der Waals surface area contributed by atoms with Gasteiger partial charge in [-0.25, -0.2) is 0 Å². The van der Waals surface area contributed by atoms with Crippen molar-refractivity contribution in [3.8, 4) is 11.5 Å². The number of benzene rings is 2. The number of nitrogens with one attached hydrogen (secondary N) is 1. The van der Waals surface area contributed by atoms with Crippen molar-refractivity contribution in [3.63, 3.8) is 0 Å². The lowest BCUT2D eigenvalue weighted by molar-refractivity contribution is -0.113. The molecule has 0 aliphatic carbocycles. The minimum absolute atomic E-state index is 0.0857. The number of hydrogen-bond donors (Lipinski definition) is 1. The summed E-state index contributed by atoms with van der Waals surface area (Å²) >= 11 is 5.29. The van der Waals surface area contributed by atoms with Gasteiger partial charge in [-0.1, -0.05) is 24.3 Å². The van der Waals surface area contributed by atoms with E-state index in [1.807, 2.05) is 31.2 Å². The van der Waals surface area contributed by atoms with Crippen LogP contribution in [0.25, 0.3) is 6.08 Å². The Morgan fingerprint density at radius 2 is 1.93 bits per heavy atom. The molecule has 0 aromatic heterocycles. The fraction of sp³-hybridized carbons (Fsp3) is 0.158. The van der Waals surface area contributed by atoms with Gasteiger partial charge < -0.3 is 14.8 Å². The van der Waals surface area contributed by atoms with Crippen LogP contribution in [0.4, 0.5) is 14.5 Å². The molecule has 27 heavy (non-hydrogen) atoms. The second-order valence-corrected chi connectivity index (χ2v) is 6.09. The van der Waals surface area contributed by atoms with Crippen molar-refractivity contribution in [1.29, 1.82) is 0 Å². The summed E-state index contributed by atoms with van der Waals surface area (Å²) in [6, 6.07) is 11.8. The number of alkyl halides is 2. The highest BCUT2D eigenvalue weighted by Gasteiger charge is 2.32. The number of rotatable bonds is 5. The normalized spacial score (nSPS) is 15.4. The standard InChI is InChI=1S/C19H16F2N2O3S/c1-11-5-3-4-6-14(11)23-17(24)13(22-19(23)27)9-12-7-8-15(26-18(20)21)16(10-12)25-2/h3-10,18H,1-2H3,(H,22,27)/b13-9-. The van der Waals surface area contributed by atoms with Crippen molar-refractivity contribution in [2.45, 2.75) is 13.5 Å². The Morgan fingerprint density at radius 3 is 2.59 bits per heavy atom. The highest BCUT2D eigenvalue weighted by atomic mass is 32.1. The van der Waals surface area contributed by atoms with Crippen molar-refractivity contribution >= 4 is 35.0 Å². The molecule has 0 radical (unpaired) electrons. The molecule has 2 aromatic carbocycles. The molecule has 8 heteroatoms. The predicted octanol–water partition coefficient (Wildman–Crippen LogP) is 3.87. The number of methoxy groups -OCH3 is 1. The van der Waals surface area contributed by atoms with Crippen LogP contribution in [0.1, 0.15) is 11.1 Å². The minimum atomic E-state index is -2.96.